The molecule has 0 heterocycles. The summed E-state index contributed by atoms with van der Waals surface area (Å²) in [4.78, 5) is 12.5. The van der Waals surface area contributed by atoms with Crippen LogP contribution in [0.25, 0.3) is 0 Å². The van der Waals surface area contributed by atoms with E-state index >= 15 is 0 Å². The zero-order valence-corrected chi connectivity index (χ0v) is 11.1. The molecule has 2 aromatic rings. The minimum Gasteiger partial charge on any atom is -0.299 e. The second-order valence-corrected chi connectivity index (χ2v) is 5.39. The van der Waals surface area contributed by atoms with Crippen LogP contribution in [0.1, 0.15) is 36.3 Å². The third-order valence-corrected chi connectivity index (χ3v) is 4.11. The summed E-state index contributed by atoms with van der Waals surface area (Å²) >= 11 is 0. The van der Waals surface area contributed by atoms with E-state index in [9.17, 15) is 4.79 Å². The van der Waals surface area contributed by atoms with E-state index in [1.54, 1.807) is 0 Å². The average molecular weight is 250 g/mol. The highest BCUT2D eigenvalue weighted by Gasteiger charge is 2.45. The molecule has 3 rings (SSSR count). The van der Waals surface area contributed by atoms with Crippen LogP contribution in [-0.2, 0) is 4.79 Å². The van der Waals surface area contributed by atoms with E-state index in [1.165, 1.54) is 5.56 Å². The van der Waals surface area contributed by atoms with Gasteiger partial charge in [0, 0.05) is 11.8 Å². The highest BCUT2D eigenvalue weighted by molar-refractivity contribution is 5.90. The van der Waals surface area contributed by atoms with Crippen molar-refractivity contribution in [1.82, 2.24) is 0 Å². The first-order valence-corrected chi connectivity index (χ1v) is 6.91. The fourth-order valence-electron chi connectivity index (χ4n) is 2.81. The summed E-state index contributed by atoms with van der Waals surface area (Å²) in [6, 6.07) is 20.5. The fraction of sp³-hybridized carbons (Fsp3) is 0.278. The van der Waals surface area contributed by atoms with Gasteiger partial charge in [-0.2, -0.15) is 0 Å². The number of Topliss-reactive ketones (excluding diaryl/α,β-unsaturated/α-hetero) is 1. The van der Waals surface area contributed by atoms with Crippen molar-refractivity contribution in [3.8, 4) is 0 Å². The topological polar surface area (TPSA) is 17.1 Å². The van der Waals surface area contributed by atoms with Crippen LogP contribution in [-0.4, -0.2) is 5.78 Å². The number of rotatable bonds is 4. The number of hydrogen-bond acceptors (Lipinski definition) is 1. The molecule has 0 aliphatic heterocycles. The maximum absolute atomic E-state index is 12.5. The SMILES string of the molecule is CC(C(=O)C1CC1c1ccccc1)c1ccccc1. The molecule has 1 fully saturated rings. The molecule has 1 aliphatic rings. The summed E-state index contributed by atoms with van der Waals surface area (Å²) in [5, 5.41) is 0. The number of ketones is 1. The van der Waals surface area contributed by atoms with E-state index in [1.807, 2.05) is 43.3 Å². The van der Waals surface area contributed by atoms with Crippen LogP contribution in [0, 0.1) is 5.92 Å². The van der Waals surface area contributed by atoms with Crippen molar-refractivity contribution in [2.75, 3.05) is 0 Å². The van der Waals surface area contributed by atoms with Crippen molar-refractivity contribution in [2.24, 2.45) is 5.92 Å². The van der Waals surface area contributed by atoms with Gasteiger partial charge in [-0.1, -0.05) is 67.6 Å². The Hall–Kier alpha value is -1.89. The van der Waals surface area contributed by atoms with Crippen LogP contribution in [0.2, 0.25) is 0 Å². The summed E-state index contributed by atoms with van der Waals surface area (Å²) in [7, 11) is 0. The summed E-state index contributed by atoms with van der Waals surface area (Å²) in [5.74, 6) is 1.07. The molecule has 0 radical (unpaired) electrons. The van der Waals surface area contributed by atoms with E-state index in [4.69, 9.17) is 0 Å². The quantitative estimate of drug-likeness (QED) is 0.796. The van der Waals surface area contributed by atoms with Crippen LogP contribution < -0.4 is 0 Å². The molecule has 0 N–H and O–H groups in total. The van der Waals surface area contributed by atoms with E-state index in [0.29, 0.717) is 11.7 Å². The zero-order valence-electron chi connectivity index (χ0n) is 11.1. The molecule has 1 aliphatic carbocycles. The van der Waals surface area contributed by atoms with Crippen LogP contribution in [0.5, 0.6) is 0 Å². The third kappa shape index (κ3) is 2.46. The Kier molecular flexibility index (Phi) is 3.20. The van der Waals surface area contributed by atoms with Gasteiger partial charge in [-0.05, 0) is 23.5 Å². The van der Waals surface area contributed by atoms with Gasteiger partial charge in [-0.15, -0.1) is 0 Å². The smallest absolute Gasteiger partial charge is 0.143 e. The molecule has 2 aromatic carbocycles. The van der Waals surface area contributed by atoms with Crippen molar-refractivity contribution < 1.29 is 4.79 Å². The van der Waals surface area contributed by atoms with Crippen molar-refractivity contribution >= 4 is 5.78 Å². The standard InChI is InChI=1S/C18H18O/c1-13(14-8-4-2-5-9-14)18(19)17-12-16(17)15-10-6-3-7-11-15/h2-11,13,16-17H,12H2,1H3. The lowest BCUT2D eigenvalue weighted by Crippen LogP contribution is -2.12. The molecule has 3 atom stereocenters. The highest BCUT2D eigenvalue weighted by Crippen LogP contribution is 2.49. The van der Waals surface area contributed by atoms with E-state index in [-0.39, 0.29) is 11.8 Å². The van der Waals surface area contributed by atoms with Gasteiger partial charge in [0.15, 0.2) is 0 Å². The zero-order chi connectivity index (χ0) is 13.2. The molecule has 19 heavy (non-hydrogen) atoms. The normalized spacial score (nSPS) is 22.8. The molecule has 0 saturated heterocycles. The molecule has 96 valence electrons. The Bertz CT molecular complexity index is 559. The largest absolute Gasteiger partial charge is 0.299 e. The number of carbonyl (C=O) groups excluding carboxylic acids is 1. The average Bonchev–Trinajstić information content (AvgIpc) is 3.28. The van der Waals surface area contributed by atoms with Gasteiger partial charge in [0.1, 0.15) is 5.78 Å². The first-order valence-electron chi connectivity index (χ1n) is 6.91. The van der Waals surface area contributed by atoms with Crippen LogP contribution in [0.3, 0.4) is 0 Å². The maximum atomic E-state index is 12.5. The summed E-state index contributed by atoms with van der Waals surface area (Å²) in [6.45, 7) is 2.03. The molecular formula is C18H18O. The number of hydrogen-bond donors (Lipinski definition) is 0. The lowest BCUT2D eigenvalue weighted by molar-refractivity contribution is -0.121. The molecule has 0 aromatic heterocycles. The molecule has 0 spiro atoms. The summed E-state index contributed by atoms with van der Waals surface area (Å²) < 4.78 is 0. The van der Waals surface area contributed by atoms with Crippen molar-refractivity contribution in [2.45, 2.75) is 25.2 Å². The second-order valence-electron chi connectivity index (χ2n) is 5.39. The van der Waals surface area contributed by atoms with E-state index < -0.39 is 0 Å². The predicted molar refractivity (Wildman–Crippen MR) is 77.2 cm³/mol. The minimum atomic E-state index is 0.0138. The Morgan fingerprint density at radius 3 is 2.21 bits per heavy atom. The fourth-order valence-corrected chi connectivity index (χ4v) is 2.81. The third-order valence-electron chi connectivity index (χ3n) is 4.11. The molecule has 3 unspecified atom stereocenters. The summed E-state index contributed by atoms with van der Waals surface area (Å²) in [5.41, 5.74) is 2.44. The Morgan fingerprint density at radius 1 is 1.00 bits per heavy atom. The summed E-state index contributed by atoms with van der Waals surface area (Å²) in [6.07, 6.45) is 1.01. The van der Waals surface area contributed by atoms with Gasteiger partial charge >= 0.3 is 0 Å². The molecule has 0 amide bonds. The van der Waals surface area contributed by atoms with Crippen LogP contribution in [0.15, 0.2) is 60.7 Å². The molecule has 0 bridgehead atoms. The highest BCUT2D eigenvalue weighted by atomic mass is 16.1. The Morgan fingerprint density at radius 2 is 1.58 bits per heavy atom. The van der Waals surface area contributed by atoms with Crippen molar-refractivity contribution in [3.05, 3.63) is 71.8 Å². The van der Waals surface area contributed by atoms with E-state index in [2.05, 4.69) is 24.3 Å². The molecular weight excluding hydrogens is 232 g/mol. The minimum absolute atomic E-state index is 0.0138. The van der Waals surface area contributed by atoms with Gasteiger partial charge in [0.25, 0.3) is 0 Å². The second kappa shape index (κ2) is 5.00. The number of carbonyl (C=O) groups is 1. The van der Waals surface area contributed by atoms with Gasteiger partial charge in [-0.3, -0.25) is 4.79 Å². The lowest BCUT2D eigenvalue weighted by atomic mass is 9.93. The monoisotopic (exact) mass is 250 g/mol. The van der Waals surface area contributed by atoms with Gasteiger partial charge in [-0.25, -0.2) is 0 Å². The van der Waals surface area contributed by atoms with E-state index in [0.717, 1.165) is 12.0 Å². The van der Waals surface area contributed by atoms with Gasteiger partial charge < -0.3 is 0 Å². The van der Waals surface area contributed by atoms with Crippen LogP contribution >= 0.6 is 0 Å². The molecule has 1 nitrogen and oxygen atoms in total. The van der Waals surface area contributed by atoms with Crippen molar-refractivity contribution in [1.29, 1.82) is 0 Å². The lowest BCUT2D eigenvalue weighted by Gasteiger charge is -2.10. The molecule has 1 heteroatoms. The van der Waals surface area contributed by atoms with Crippen molar-refractivity contribution in [3.63, 3.8) is 0 Å². The van der Waals surface area contributed by atoms with Crippen LogP contribution in [0.4, 0.5) is 0 Å². The number of benzene rings is 2. The first kappa shape index (κ1) is 12.2. The predicted octanol–water partition coefficient (Wildman–Crippen LogP) is 4.16. The maximum Gasteiger partial charge on any atom is 0.143 e. The Balaban J connectivity index is 1.70. The first-order chi connectivity index (χ1) is 9.27. The van der Waals surface area contributed by atoms with Gasteiger partial charge in [0.2, 0.25) is 0 Å². The molecule has 1 saturated carbocycles. The Labute approximate surface area is 114 Å². The van der Waals surface area contributed by atoms with Gasteiger partial charge in [0.05, 0.1) is 0 Å².